The van der Waals surface area contributed by atoms with E-state index in [4.69, 9.17) is 14.2 Å². The molecule has 0 rings (SSSR count). The molecular formula is C68H120O6. The van der Waals surface area contributed by atoms with Crippen LogP contribution in [-0.2, 0) is 28.6 Å². The fourth-order valence-electron chi connectivity index (χ4n) is 9.17. The molecule has 74 heavy (non-hydrogen) atoms. The van der Waals surface area contributed by atoms with E-state index in [1.165, 1.54) is 180 Å². The van der Waals surface area contributed by atoms with E-state index in [1.54, 1.807) is 0 Å². The maximum atomic E-state index is 12.9. The van der Waals surface area contributed by atoms with Crippen molar-refractivity contribution in [2.75, 3.05) is 13.2 Å². The molecule has 0 heterocycles. The molecule has 6 nitrogen and oxygen atoms in total. The van der Waals surface area contributed by atoms with Crippen molar-refractivity contribution in [1.82, 2.24) is 0 Å². The molecule has 0 aliphatic heterocycles. The van der Waals surface area contributed by atoms with Crippen molar-refractivity contribution in [1.29, 1.82) is 0 Å². The number of ether oxygens (including phenoxy) is 3. The molecule has 6 heteroatoms. The van der Waals surface area contributed by atoms with Gasteiger partial charge in [0.05, 0.1) is 0 Å². The SMILES string of the molecule is CC/C=C\C/C=C\C/C=C\C/C=C\C/C=C\CCCCCC(=O)OCC(COC(=O)CCCCCCC/C=C\CCCCCCCCCCC)OC(=O)CCCCCCCCCCCCCCCCCCCCC. The highest BCUT2D eigenvalue weighted by Crippen LogP contribution is 2.17. The van der Waals surface area contributed by atoms with Gasteiger partial charge < -0.3 is 14.2 Å². The van der Waals surface area contributed by atoms with Crippen LogP contribution in [-0.4, -0.2) is 37.2 Å². The average molecular weight is 1030 g/mol. The first-order valence-electron chi connectivity index (χ1n) is 31.9. The van der Waals surface area contributed by atoms with E-state index in [0.717, 1.165) is 103 Å². The van der Waals surface area contributed by atoms with E-state index in [-0.39, 0.29) is 31.1 Å². The van der Waals surface area contributed by atoms with Crippen molar-refractivity contribution in [3.63, 3.8) is 0 Å². The Balaban J connectivity index is 4.42. The van der Waals surface area contributed by atoms with E-state index >= 15 is 0 Å². The third kappa shape index (κ3) is 59.7. The van der Waals surface area contributed by atoms with Crippen molar-refractivity contribution >= 4 is 17.9 Å². The Morgan fingerprint density at radius 1 is 0.284 bits per heavy atom. The van der Waals surface area contributed by atoms with Crippen LogP contribution in [0.25, 0.3) is 0 Å². The van der Waals surface area contributed by atoms with Crippen LogP contribution >= 0.6 is 0 Å². The lowest BCUT2D eigenvalue weighted by molar-refractivity contribution is -0.167. The molecule has 0 aromatic carbocycles. The molecule has 0 aromatic heterocycles. The molecule has 0 saturated carbocycles. The Morgan fingerprint density at radius 2 is 0.527 bits per heavy atom. The van der Waals surface area contributed by atoms with Crippen LogP contribution in [0, 0.1) is 0 Å². The number of esters is 3. The van der Waals surface area contributed by atoms with E-state index in [1.807, 2.05) is 0 Å². The van der Waals surface area contributed by atoms with Crippen LogP contribution in [0.3, 0.4) is 0 Å². The largest absolute Gasteiger partial charge is 0.462 e. The third-order valence-electron chi connectivity index (χ3n) is 13.9. The fraction of sp³-hybridized carbons (Fsp3) is 0.779. The Bertz CT molecular complexity index is 1370. The standard InChI is InChI=1S/C68H120O6/c1-4-7-10-13-16-19-22-25-28-31-34-37-40-43-46-49-52-55-58-61-67(70)73-64-65(63-72-66(69)60-57-54-51-48-45-42-39-36-33-30-27-24-21-18-15-12-9-6-3)74-68(71)62-59-56-53-50-47-44-41-38-35-32-29-26-23-20-17-14-11-8-5-2/h7,10,16,19,25,28,34,36-37,39,43,46,65H,4-6,8-9,11-15,17-18,20-24,26-27,29-33,35,38,40-42,44-45,47-64H2,1-3H3/b10-7-,19-16-,28-25-,37-34-,39-36-,46-43-. The van der Waals surface area contributed by atoms with Gasteiger partial charge in [-0.1, -0.05) is 286 Å². The first-order chi connectivity index (χ1) is 36.5. The smallest absolute Gasteiger partial charge is 0.306 e. The van der Waals surface area contributed by atoms with Crippen LogP contribution in [0.1, 0.15) is 323 Å². The number of carbonyl (C=O) groups is 3. The second-order valence-corrected chi connectivity index (χ2v) is 21.3. The van der Waals surface area contributed by atoms with Crippen molar-refractivity contribution in [3.05, 3.63) is 72.9 Å². The molecule has 0 fully saturated rings. The number of allylic oxidation sites excluding steroid dienone is 12. The Labute approximate surface area is 459 Å². The van der Waals surface area contributed by atoms with Crippen LogP contribution in [0.2, 0.25) is 0 Å². The summed E-state index contributed by atoms with van der Waals surface area (Å²) in [4.78, 5) is 38.3. The van der Waals surface area contributed by atoms with Gasteiger partial charge >= 0.3 is 17.9 Å². The molecule has 0 aliphatic carbocycles. The molecule has 0 bridgehead atoms. The predicted octanol–water partition coefficient (Wildman–Crippen LogP) is 21.7. The van der Waals surface area contributed by atoms with Crippen molar-refractivity contribution in [2.45, 2.75) is 329 Å². The van der Waals surface area contributed by atoms with E-state index in [9.17, 15) is 14.4 Å². The summed E-state index contributed by atoms with van der Waals surface area (Å²) in [5.41, 5.74) is 0. The summed E-state index contributed by atoms with van der Waals surface area (Å²) in [5, 5.41) is 0. The molecular weight excluding hydrogens is 913 g/mol. The monoisotopic (exact) mass is 1030 g/mol. The summed E-state index contributed by atoms with van der Waals surface area (Å²) < 4.78 is 16.9. The van der Waals surface area contributed by atoms with Gasteiger partial charge in [-0.25, -0.2) is 0 Å². The highest BCUT2D eigenvalue weighted by atomic mass is 16.6. The summed E-state index contributed by atoms with van der Waals surface area (Å²) in [7, 11) is 0. The quantitative estimate of drug-likeness (QED) is 0.0261. The highest BCUT2D eigenvalue weighted by molar-refractivity contribution is 5.71. The predicted molar refractivity (Wildman–Crippen MR) is 321 cm³/mol. The lowest BCUT2D eigenvalue weighted by Gasteiger charge is -2.18. The van der Waals surface area contributed by atoms with Crippen LogP contribution < -0.4 is 0 Å². The first-order valence-corrected chi connectivity index (χ1v) is 31.9. The molecule has 0 amide bonds. The minimum Gasteiger partial charge on any atom is -0.462 e. The Morgan fingerprint density at radius 3 is 0.851 bits per heavy atom. The fourth-order valence-corrected chi connectivity index (χ4v) is 9.17. The summed E-state index contributed by atoms with van der Waals surface area (Å²) >= 11 is 0. The van der Waals surface area contributed by atoms with Crippen LogP contribution in [0.4, 0.5) is 0 Å². The summed E-state index contributed by atoms with van der Waals surface area (Å²) in [5.74, 6) is -0.911. The van der Waals surface area contributed by atoms with Gasteiger partial charge in [-0.3, -0.25) is 14.4 Å². The van der Waals surface area contributed by atoms with Crippen LogP contribution in [0.5, 0.6) is 0 Å². The minimum absolute atomic E-state index is 0.0876. The zero-order chi connectivity index (χ0) is 53.6. The van der Waals surface area contributed by atoms with Gasteiger partial charge in [-0.2, -0.15) is 0 Å². The van der Waals surface area contributed by atoms with Gasteiger partial charge in [0.2, 0.25) is 0 Å². The molecule has 1 unspecified atom stereocenters. The van der Waals surface area contributed by atoms with E-state index in [2.05, 4.69) is 93.7 Å². The van der Waals surface area contributed by atoms with Crippen LogP contribution in [0.15, 0.2) is 72.9 Å². The summed E-state index contributed by atoms with van der Waals surface area (Å²) in [6, 6.07) is 0. The Kier molecular flexibility index (Phi) is 59.7. The maximum Gasteiger partial charge on any atom is 0.306 e. The second-order valence-electron chi connectivity index (χ2n) is 21.3. The first kappa shape index (κ1) is 70.8. The average Bonchev–Trinajstić information content (AvgIpc) is 3.40. The normalized spacial score (nSPS) is 12.5. The molecule has 428 valence electrons. The molecule has 0 N–H and O–H groups in total. The van der Waals surface area contributed by atoms with E-state index < -0.39 is 6.10 Å². The van der Waals surface area contributed by atoms with Crippen molar-refractivity contribution in [3.8, 4) is 0 Å². The number of hydrogen-bond donors (Lipinski definition) is 0. The second kappa shape index (κ2) is 62.4. The number of carbonyl (C=O) groups excluding carboxylic acids is 3. The van der Waals surface area contributed by atoms with Gasteiger partial charge in [-0.05, 0) is 89.9 Å². The molecule has 1 atom stereocenters. The van der Waals surface area contributed by atoms with Gasteiger partial charge in [0.25, 0.3) is 0 Å². The lowest BCUT2D eigenvalue weighted by Crippen LogP contribution is -2.30. The zero-order valence-electron chi connectivity index (χ0n) is 49.1. The summed E-state index contributed by atoms with van der Waals surface area (Å²) in [6.45, 7) is 6.54. The topological polar surface area (TPSA) is 78.9 Å². The molecule has 0 spiro atoms. The van der Waals surface area contributed by atoms with Gasteiger partial charge in [0.15, 0.2) is 6.10 Å². The molecule has 0 radical (unpaired) electrons. The van der Waals surface area contributed by atoms with Gasteiger partial charge in [0, 0.05) is 19.3 Å². The summed E-state index contributed by atoms with van der Waals surface area (Å²) in [6.07, 6.45) is 80.5. The molecule has 0 aromatic rings. The zero-order valence-corrected chi connectivity index (χ0v) is 49.1. The Hall–Kier alpha value is -3.15. The third-order valence-corrected chi connectivity index (χ3v) is 13.9. The molecule has 0 saturated heterocycles. The van der Waals surface area contributed by atoms with Crippen molar-refractivity contribution < 1.29 is 28.6 Å². The highest BCUT2D eigenvalue weighted by Gasteiger charge is 2.19. The number of unbranched alkanes of at least 4 members (excludes halogenated alkanes) is 35. The molecule has 0 aliphatic rings. The lowest BCUT2D eigenvalue weighted by atomic mass is 10.0. The minimum atomic E-state index is -0.792. The van der Waals surface area contributed by atoms with Gasteiger partial charge in [-0.15, -0.1) is 0 Å². The number of hydrogen-bond acceptors (Lipinski definition) is 6. The van der Waals surface area contributed by atoms with E-state index in [0.29, 0.717) is 19.3 Å². The van der Waals surface area contributed by atoms with Gasteiger partial charge in [0.1, 0.15) is 13.2 Å². The maximum absolute atomic E-state index is 12.9. The van der Waals surface area contributed by atoms with Crippen molar-refractivity contribution in [2.24, 2.45) is 0 Å². The number of rotatable bonds is 58.